The Morgan fingerprint density at radius 3 is 2.41 bits per heavy atom. The van der Waals surface area contributed by atoms with E-state index < -0.39 is 0 Å². The summed E-state index contributed by atoms with van der Waals surface area (Å²) < 4.78 is 23.6. The maximum atomic E-state index is 13.0. The van der Waals surface area contributed by atoms with Crippen molar-refractivity contribution < 1.29 is 23.1 Å². The number of nitrogens with zero attached hydrogens (tertiary/aromatic N) is 2. The van der Waals surface area contributed by atoms with Gasteiger partial charge in [0.1, 0.15) is 5.82 Å². The van der Waals surface area contributed by atoms with E-state index in [4.69, 9.17) is 9.15 Å². The number of esters is 1. The van der Waals surface area contributed by atoms with Gasteiger partial charge < -0.3 is 9.15 Å². The molecule has 8 heteroatoms. The third-order valence-corrected chi connectivity index (χ3v) is 6.28. The summed E-state index contributed by atoms with van der Waals surface area (Å²) >= 11 is 0. The molecule has 1 heterocycles. The molecule has 0 aliphatic heterocycles. The van der Waals surface area contributed by atoms with E-state index in [0.717, 1.165) is 37.7 Å². The quantitative estimate of drug-likeness (QED) is 0.455. The molecule has 1 fully saturated rings. The molecule has 1 N–H and O–H groups in total. The second-order valence-corrected chi connectivity index (χ2v) is 8.73. The van der Waals surface area contributed by atoms with E-state index in [1.165, 1.54) is 24.6 Å². The van der Waals surface area contributed by atoms with Gasteiger partial charge in [-0.2, -0.15) is 0 Å². The normalized spacial score (nSPS) is 17.8. The predicted molar refractivity (Wildman–Crippen MR) is 124 cm³/mol. The summed E-state index contributed by atoms with van der Waals surface area (Å²) in [5.41, 5.74) is 2.57. The number of hydrogen-bond acceptors (Lipinski definition) is 6. The number of hydrogen-bond donors (Lipinski definition) is 1. The van der Waals surface area contributed by atoms with Gasteiger partial charge in [0.15, 0.2) is 0 Å². The van der Waals surface area contributed by atoms with Gasteiger partial charge in [-0.25, -0.2) is 4.39 Å². The molecule has 0 bridgehead atoms. The van der Waals surface area contributed by atoms with Crippen molar-refractivity contribution in [1.29, 1.82) is 0 Å². The number of rotatable bonds is 8. The Kier molecular flexibility index (Phi) is 7.67. The van der Waals surface area contributed by atoms with Crippen molar-refractivity contribution in [1.82, 2.24) is 10.2 Å². The zero-order chi connectivity index (χ0) is 23.9. The number of anilines is 1. The van der Waals surface area contributed by atoms with Crippen LogP contribution in [0.5, 0.6) is 0 Å². The van der Waals surface area contributed by atoms with E-state index in [1.54, 1.807) is 12.1 Å². The summed E-state index contributed by atoms with van der Waals surface area (Å²) in [5, 5.41) is 10.4. The summed E-state index contributed by atoms with van der Waals surface area (Å²) in [6.07, 6.45) is 5.69. The fraction of sp³-hybridized carbons (Fsp3) is 0.385. The van der Waals surface area contributed by atoms with Gasteiger partial charge in [-0.15, -0.1) is 5.10 Å². The number of ether oxygens (including phenoxy) is 1. The maximum Gasteiger partial charge on any atom is 0.322 e. The monoisotopic (exact) mass is 465 g/mol. The number of aromatic nitrogens is 2. The Morgan fingerprint density at radius 1 is 1.03 bits per heavy atom. The first-order valence-electron chi connectivity index (χ1n) is 11.6. The van der Waals surface area contributed by atoms with Crippen molar-refractivity contribution in [2.75, 3.05) is 11.9 Å². The lowest BCUT2D eigenvalue weighted by Gasteiger charge is -2.28. The second kappa shape index (κ2) is 11.0. The minimum atomic E-state index is -0.322. The smallest absolute Gasteiger partial charge is 0.322 e. The Bertz CT molecular complexity index is 1100. The summed E-state index contributed by atoms with van der Waals surface area (Å²) in [4.78, 5) is 23.5. The molecule has 1 amide bonds. The average molecular weight is 466 g/mol. The molecule has 2 aromatic carbocycles. The van der Waals surface area contributed by atoms with Crippen LogP contribution in [0, 0.1) is 11.7 Å². The highest BCUT2D eigenvalue weighted by Crippen LogP contribution is 2.37. The fourth-order valence-electron chi connectivity index (χ4n) is 4.38. The molecule has 4 rings (SSSR count). The Morgan fingerprint density at radius 2 is 1.74 bits per heavy atom. The van der Waals surface area contributed by atoms with Crippen LogP contribution >= 0.6 is 0 Å². The van der Waals surface area contributed by atoms with E-state index >= 15 is 0 Å². The van der Waals surface area contributed by atoms with Gasteiger partial charge in [-0.05, 0) is 79.3 Å². The fourth-order valence-corrected chi connectivity index (χ4v) is 4.38. The number of carbonyl (C=O) groups excluding carboxylic acids is 2. The van der Waals surface area contributed by atoms with Gasteiger partial charge in [-0.3, -0.25) is 14.9 Å². The second-order valence-electron chi connectivity index (χ2n) is 8.73. The summed E-state index contributed by atoms with van der Waals surface area (Å²) in [7, 11) is 0. The largest absolute Gasteiger partial charge is 0.466 e. The van der Waals surface area contributed by atoms with E-state index in [1.807, 2.05) is 24.3 Å². The van der Waals surface area contributed by atoms with E-state index in [2.05, 4.69) is 15.5 Å². The van der Waals surface area contributed by atoms with Crippen LogP contribution in [-0.2, 0) is 16.0 Å². The van der Waals surface area contributed by atoms with Gasteiger partial charge in [0.2, 0.25) is 5.89 Å². The van der Waals surface area contributed by atoms with Crippen LogP contribution in [0.4, 0.5) is 10.4 Å². The molecule has 1 aliphatic rings. The molecule has 1 aromatic heterocycles. The SMILES string of the molecule is CC(=O)OCCC1CCC(c2ccc(C(=O)Nc3nnc(Cc4ccc(F)cc4)o3)cc2)CC1. The number of amides is 1. The van der Waals surface area contributed by atoms with Crippen LogP contribution in [-0.4, -0.2) is 28.7 Å². The van der Waals surface area contributed by atoms with E-state index in [0.29, 0.717) is 36.3 Å². The number of nitrogens with one attached hydrogen (secondary N) is 1. The molecule has 0 saturated heterocycles. The van der Waals surface area contributed by atoms with Crippen LogP contribution in [0.25, 0.3) is 0 Å². The first kappa shape index (κ1) is 23.6. The molecule has 3 aromatic rings. The molecular formula is C26H28FN3O4. The Balaban J connectivity index is 1.26. The minimum Gasteiger partial charge on any atom is -0.466 e. The summed E-state index contributed by atoms with van der Waals surface area (Å²) in [6, 6.07) is 13.7. The lowest BCUT2D eigenvalue weighted by atomic mass is 9.77. The highest BCUT2D eigenvalue weighted by atomic mass is 19.1. The van der Waals surface area contributed by atoms with E-state index in [9.17, 15) is 14.0 Å². The van der Waals surface area contributed by atoms with E-state index in [-0.39, 0.29) is 23.7 Å². The van der Waals surface area contributed by atoms with Crippen LogP contribution in [0.2, 0.25) is 0 Å². The molecule has 178 valence electrons. The zero-order valence-electron chi connectivity index (χ0n) is 19.1. The number of benzene rings is 2. The molecule has 1 saturated carbocycles. The van der Waals surface area contributed by atoms with Crippen molar-refractivity contribution in [2.45, 2.75) is 51.4 Å². The van der Waals surface area contributed by atoms with Crippen molar-refractivity contribution in [3.05, 3.63) is 76.9 Å². The Labute approximate surface area is 197 Å². The molecule has 0 radical (unpaired) electrons. The van der Waals surface area contributed by atoms with Gasteiger partial charge in [-0.1, -0.05) is 29.4 Å². The topological polar surface area (TPSA) is 94.3 Å². The van der Waals surface area contributed by atoms with Gasteiger partial charge in [0.05, 0.1) is 13.0 Å². The number of halogens is 1. The van der Waals surface area contributed by atoms with Gasteiger partial charge >= 0.3 is 12.0 Å². The lowest BCUT2D eigenvalue weighted by Crippen LogP contribution is -2.16. The third kappa shape index (κ3) is 6.50. The molecule has 0 unspecified atom stereocenters. The molecule has 34 heavy (non-hydrogen) atoms. The Hall–Kier alpha value is -3.55. The molecule has 7 nitrogen and oxygen atoms in total. The van der Waals surface area contributed by atoms with Crippen LogP contribution in [0.1, 0.15) is 72.3 Å². The van der Waals surface area contributed by atoms with Crippen molar-refractivity contribution >= 4 is 17.9 Å². The lowest BCUT2D eigenvalue weighted by molar-refractivity contribution is -0.141. The highest BCUT2D eigenvalue weighted by Gasteiger charge is 2.23. The standard InChI is InChI=1S/C26H28FN3O4/c1-17(31)33-15-14-18-2-6-20(7-3-18)21-8-10-22(11-9-21)25(32)28-26-30-29-24(34-26)16-19-4-12-23(27)13-5-19/h4-5,8-13,18,20H,2-3,6-7,14-16H2,1H3,(H,28,30,32). The van der Waals surface area contributed by atoms with Gasteiger partial charge in [0.25, 0.3) is 5.91 Å². The summed E-state index contributed by atoms with van der Waals surface area (Å²) in [5.74, 6) is 0.563. The molecule has 0 spiro atoms. The van der Waals surface area contributed by atoms with Crippen LogP contribution < -0.4 is 5.32 Å². The van der Waals surface area contributed by atoms with Crippen molar-refractivity contribution in [3.63, 3.8) is 0 Å². The molecular weight excluding hydrogens is 437 g/mol. The first-order valence-corrected chi connectivity index (χ1v) is 11.6. The van der Waals surface area contributed by atoms with Crippen LogP contribution in [0.15, 0.2) is 52.9 Å². The number of carbonyl (C=O) groups is 2. The third-order valence-electron chi connectivity index (χ3n) is 6.28. The van der Waals surface area contributed by atoms with Crippen LogP contribution in [0.3, 0.4) is 0 Å². The molecule has 1 aliphatic carbocycles. The van der Waals surface area contributed by atoms with Crippen molar-refractivity contribution in [3.8, 4) is 0 Å². The summed E-state index contributed by atoms with van der Waals surface area (Å²) in [6.45, 7) is 1.94. The highest BCUT2D eigenvalue weighted by molar-refractivity contribution is 6.03. The minimum absolute atomic E-state index is 0.0262. The molecule has 0 atom stereocenters. The van der Waals surface area contributed by atoms with Crippen molar-refractivity contribution in [2.24, 2.45) is 5.92 Å². The predicted octanol–water partition coefficient (Wildman–Crippen LogP) is 5.28. The zero-order valence-corrected chi connectivity index (χ0v) is 19.1. The first-order chi connectivity index (χ1) is 16.5. The average Bonchev–Trinajstić information content (AvgIpc) is 3.27. The van der Waals surface area contributed by atoms with Gasteiger partial charge in [0, 0.05) is 12.5 Å². The maximum absolute atomic E-state index is 13.0.